The van der Waals surface area contributed by atoms with Crippen molar-refractivity contribution in [1.82, 2.24) is 39.6 Å². The number of hydrogen-bond donors (Lipinski definition) is 1. The molecule has 0 amide bonds. The summed E-state index contributed by atoms with van der Waals surface area (Å²) in [6, 6.07) is 5.81. The zero-order valence-corrected chi connectivity index (χ0v) is 24.8. The maximum absolute atomic E-state index is 14.3. The predicted octanol–water partition coefficient (Wildman–Crippen LogP) is 5.72. The van der Waals surface area contributed by atoms with Crippen LogP contribution in [0, 0.1) is 18.6 Å². The van der Waals surface area contributed by atoms with Crippen molar-refractivity contribution in [2.24, 2.45) is 0 Å². The molecule has 0 aliphatic carbocycles. The molecule has 0 bridgehead atoms. The normalized spacial score (nSPS) is 16.7. The van der Waals surface area contributed by atoms with Gasteiger partial charge in [-0.05, 0) is 49.6 Å². The van der Waals surface area contributed by atoms with E-state index in [4.69, 9.17) is 31.0 Å². The van der Waals surface area contributed by atoms with Gasteiger partial charge in [0.05, 0.1) is 47.7 Å². The van der Waals surface area contributed by atoms with Crippen molar-refractivity contribution in [2.75, 3.05) is 13.2 Å². The fourth-order valence-electron chi connectivity index (χ4n) is 5.59. The van der Waals surface area contributed by atoms with Gasteiger partial charge in [0.2, 0.25) is 5.88 Å². The Hall–Kier alpha value is -4.14. The van der Waals surface area contributed by atoms with Crippen molar-refractivity contribution in [3.63, 3.8) is 0 Å². The minimum atomic E-state index is -2.77. The van der Waals surface area contributed by atoms with Gasteiger partial charge in [-0.15, -0.1) is 10.2 Å². The molecule has 10 nitrogen and oxygen atoms in total. The molecule has 7 rings (SSSR count). The Morgan fingerprint density at radius 3 is 2.64 bits per heavy atom. The zero-order chi connectivity index (χ0) is 31.2. The lowest BCUT2D eigenvalue weighted by Crippen LogP contribution is -2.34. The van der Waals surface area contributed by atoms with Gasteiger partial charge in [-0.2, -0.15) is 0 Å². The van der Waals surface area contributed by atoms with Crippen molar-refractivity contribution >= 4 is 22.6 Å². The van der Waals surface area contributed by atoms with Crippen LogP contribution in [-0.4, -0.2) is 58.9 Å². The van der Waals surface area contributed by atoms with E-state index < -0.39 is 23.9 Å². The van der Waals surface area contributed by atoms with Gasteiger partial charge < -0.3 is 19.0 Å². The molecule has 15 heteroatoms. The van der Waals surface area contributed by atoms with Crippen LogP contribution in [0.2, 0.25) is 5.02 Å². The van der Waals surface area contributed by atoms with Crippen LogP contribution in [-0.2, 0) is 37.4 Å². The van der Waals surface area contributed by atoms with Gasteiger partial charge in [0.15, 0.2) is 11.6 Å². The first-order valence-corrected chi connectivity index (χ1v) is 14.8. The molecule has 234 valence electrons. The second-order valence-corrected chi connectivity index (χ2v) is 11.6. The van der Waals surface area contributed by atoms with Crippen molar-refractivity contribution in [3.8, 4) is 17.4 Å². The number of nitrogens with zero attached hydrogens (tertiary/aromatic N) is 7. The van der Waals surface area contributed by atoms with Crippen molar-refractivity contribution in [1.29, 1.82) is 0 Å². The average Bonchev–Trinajstić information content (AvgIpc) is 3.60. The Balaban J connectivity index is 1.13. The molecule has 5 aromatic rings. The summed E-state index contributed by atoms with van der Waals surface area (Å²) >= 11 is 5.74. The van der Waals surface area contributed by atoms with Gasteiger partial charge in [-0.25, -0.2) is 27.5 Å². The van der Waals surface area contributed by atoms with E-state index in [0.717, 1.165) is 59.7 Å². The van der Waals surface area contributed by atoms with E-state index in [9.17, 15) is 17.6 Å². The number of alkyl halides is 2. The number of halogens is 5. The Morgan fingerprint density at radius 2 is 1.93 bits per heavy atom. The summed E-state index contributed by atoms with van der Waals surface area (Å²) < 4.78 is 68.3. The molecule has 1 N–H and O–H groups in total. The van der Waals surface area contributed by atoms with Crippen molar-refractivity contribution in [2.45, 2.75) is 58.5 Å². The Morgan fingerprint density at radius 1 is 1.13 bits per heavy atom. The van der Waals surface area contributed by atoms with Crippen LogP contribution in [0.5, 0.6) is 5.88 Å². The molecule has 1 fully saturated rings. The molecular weight excluding hydrogens is 616 g/mol. The van der Waals surface area contributed by atoms with Crippen LogP contribution in [0.15, 0.2) is 30.5 Å². The molecular formula is C30H27ClF4N8O2. The third-order valence-corrected chi connectivity index (χ3v) is 8.30. The molecule has 1 saturated heterocycles. The lowest BCUT2D eigenvalue weighted by atomic mass is 10.0. The fraction of sp³-hybridized carbons (Fsp3) is 0.367. The minimum absolute atomic E-state index is 0.0272. The second kappa shape index (κ2) is 12.0. The SMILES string of the molecule is Cc1cc2c(nc1OCc1c(F)cc(Cl)cc1F)CN(Cc1nc3cc(-c4nnc(C(F)F)[nH]4)ncc3n1C[C@@H]1CCO1)CC2. The number of nitrogens with one attached hydrogen (secondary N) is 1. The first-order chi connectivity index (χ1) is 21.7. The topological polar surface area (TPSA) is 107 Å². The number of aromatic nitrogens is 7. The van der Waals surface area contributed by atoms with Crippen molar-refractivity contribution < 1.29 is 27.0 Å². The smallest absolute Gasteiger partial charge is 0.297 e. The van der Waals surface area contributed by atoms with E-state index in [1.165, 1.54) is 0 Å². The molecule has 1 aromatic carbocycles. The van der Waals surface area contributed by atoms with Gasteiger partial charge in [0.1, 0.15) is 29.8 Å². The standard InChI is InChI=1S/C30H27ClF4N8O2/c1-15-6-16-2-4-42(12-24(16)38-30(15)45-14-19-20(32)7-17(31)8-21(19)33)13-26-37-22-9-23(28-39-29(27(34)35)41-40-28)36-10-25(22)43(26)11-18-3-5-44-18/h6-10,18,27H,2-5,11-14H2,1H3,(H,39,40,41)/t18-/m0/s1. The van der Waals surface area contributed by atoms with Crippen LogP contribution < -0.4 is 4.74 Å². The molecule has 6 heterocycles. The number of pyridine rings is 2. The quantitative estimate of drug-likeness (QED) is 0.204. The highest BCUT2D eigenvalue weighted by molar-refractivity contribution is 6.30. The highest BCUT2D eigenvalue weighted by Gasteiger charge is 2.26. The molecule has 1 atom stereocenters. The van der Waals surface area contributed by atoms with Gasteiger partial charge in [-0.3, -0.25) is 9.88 Å². The monoisotopic (exact) mass is 642 g/mol. The molecule has 0 spiro atoms. The minimum Gasteiger partial charge on any atom is -0.472 e. The van der Waals surface area contributed by atoms with Gasteiger partial charge in [0, 0.05) is 30.3 Å². The lowest BCUT2D eigenvalue weighted by molar-refractivity contribution is -0.0592. The average molecular weight is 643 g/mol. The number of fused-ring (bicyclic) bond motifs is 2. The summed E-state index contributed by atoms with van der Waals surface area (Å²) in [6.07, 6.45) is 0.640. The molecule has 0 saturated carbocycles. The number of ether oxygens (including phenoxy) is 2. The molecule has 4 aromatic heterocycles. The van der Waals surface area contributed by atoms with Crippen LogP contribution in [0.1, 0.15) is 46.9 Å². The number of aromatic amines is 1. The zero-order valence-electron chi connectivity index (χ0n) is 24.0. The van der Waals surface area contributed by atoms with E-state index in [2.05, 4.69) is 29.6 Å². The lowest BCUT2D eigenvalue weighted by Gasteiger charge is -2.30. The van der Waals surface area contributed by atoms with E-state index in [1.54, 1.807) is 12.3 Å². The summed E-state index contributed by atoms with van der Waals surface area (Å²) in [7, 11) is 0. The van der Waals surface area contributed by atoms with Crippen molar-refractivity contribution in [3.05, 3.63) is 81.2 Å². The van der Waals surface area contributed by atoms with Crippen LogP contribution in [0.3, 0.4) is 0 Å². The molecule has 0 radical (unpaired) electrons. The number of hydrogen-bond acceptors (Lipinski definition) is 8. The number of rotatable bonds is 9. The summed E-state index contributed by atoms with van der Waals surface area (Å²) in [5, 5.41) is 7.29. The third kappa shape index (κ3) is 5.97. The second-order valence-electron chi connectivity index (χ2n) is 11.2. The summed E-state index contributed by atoms with van der Waals surface area (Å²) in [6.45, 7) is 4.61. The summed E-state index contributed by atoms with van der Waals surface area (Å²) in [4.78, 5) is 18.8. The Kier molecular flexibility index (Phi) is 7.88. The van der Waals surface area contributed by atoms with Gasteiger partial charge >= 0.3 is 0 Å². The predicted molar refractivity (Wildman–Crippen MR) is 155 cm³/mol. The fourth-order valence-corrected chi connectivity index (χ4v) is 5.78. The van der Waals surface area contributed by atoms with Gasteiger partial charge in [-0.1, -0.05) is 11.6 Å². The summed E-state index contributed by atoms with van der Waals surface area (Å²) in [5.41, 5.74) is 4.25. The molecule has 2 aliphatic heterocycles. The van der Waals surface area contributed by atoms with E-state index in [0.29, 0.717) is 43.3 Å². The highest BCUT2D eigenvalue weighted by atomic mass is 35.5. The molecule has 45 heavy (non-hydrogen) atoms. The molecule has 2 aliphatic rings. The van der Waals surface area contributed by atoms with E-state index in [1.807, 2.05) is 13.0 Å². The number of H-pyrrole nitrogens is 1. The first kappa shape index (κ1) is 29.6. The Bertz CT molecular complexity index is 1870. The largest absolute Gasteiger partial charge is 0.472 e. The number of aryl methyl sites for hydroxylation is 1. The van der Waals surface area contributed by atoms with E-state index >= 15 is 0 Å². The maximum Gasteiger partial charge on any atom is 0.297 e. The number of benzene rings is 1. The van der Waals surface area contributed by atoms with Crippen LogP contribution in [0.4, 0.5) is 17.6 Å². The first-order valence-electron chi connectivity index (χ1n) is 14.4. The summed E-state index contributed by atoms with van der Waals surface area (Å²) in [5.74, 6) is -0.840. The maximum atomic E-state index is 14.3. The number of imidazole rings is 1. The van der Waals surface area contributed by atoms with Gasteiger partial charge in [0.25, 0.3) is 6.43 Å². The molecule has 0 unspecified atom stereocenters. The highest BCUT2D eigenvalue weighted by Crippen LogP contribution is 2.29. The van der Waals surface area contributed by atoms with E-state index in [-0.39, 0.29) is 29.1 Å². The Labute approximate surface area is 259 Å². The third-order valence-electron chi connectivity index (χ3n) is 8.08. The van der Waals surface area contributed by atoms with Crippen LogP contribution >= 0.6 is 11.6 Å². The van der Waals surface area contributed by atoms with Crippen LogP contribution in [0.25, 0.3) is 22.6 Å².